The van der Waals surface area contributed by atoms with Gasteiger partial charge in [0.25, 0.3) is 0 Å². The van der Waals surface area contributed by atoms with Crippen LogP contribution in [0.25, 0.3) is 0 Å². The molecule has 0 aromatic rings. The number of carbonyl (C=O) groups excluding carboxylic acids is 1. The van der Waals surface area contributed by atoms with E-state index >= 15 is 0 Å². The molecule has 94 valence electrons. The molecular formula is C11H20O4S. The van der Waals surface area contributed by atoms with E-state index in [4.69, 9.17) is 4.74 Å². The highest BCUT2D eigenvalue weighted by Gasteiger charge is 2.36. The van der Waals surface area contributed by atoms with Crippen molar-refractivity contribution in [3.63, 3.8) is 0 Å². The third-order valence-corrected chi connectivity index (χ3v) is 3.95. The van der Waals surface area contributed by atoms with Crippen molar-refractivity contribution >= 4 is 16.8 Å². The summed E-state index contributed by atoms with van der Waals surface area (Å²) in [6, 6.07) is 0. The Morgan fingerprint density at radius 1 is 1.50 bits per heavy atom. The Labute approximate surface area is 98.8 Å². The maximum Gasteiger partial charge on any atom is 0.308 e. The zero-order valence-electron chi connectivity index (χ0n) is 9.90. The van der Waals surface area contributed by atoms with Gasteiger partial charge in [-0.15, -0.1) is 0 Å². The first-order valence-corrected chi connectivity index (χ1v) is 7.38. The van der Waals surface area contributed by atoms with Crippen molar-refractivity contribution in [1.29, 1.82) is 0 Å². The Morgan fingerprint density at radius 2 is 2.06 bits per heavy atom. The van der Waals surface area contributed by atoms with Gasteiger partial charge in [0, 0.05) is 17.1 Å². The van der Waals surface area contributed by atoms with Gasteiger partial charge >= 0.3 is 5.97 Å². The summed E-state index contributed by atoms with van der Waals surface area (Å²) >= 11 is 0. The molecule has 1 unspecified atom stereocenters. The molecule has 16 heavy (non-hydrogen) atoms. The minimum Gasteiger partial charge on any atom is -0.466 e. The molecule has 1 fully saturated rings. The van der Waals surface area contributed by atoms with Gasteiger partial charge in [0.15, 0.2) is 0 Å². The Hall–Kier alpha value is -0.420. The van der Waals surface area contributed by atoms with Gasteiger partial charge < -0.3 is 9.84 Å². The minimum atomic E-state index is -0.994. The lowest BCUT2D eigenvalue weighted by molar-refractivity contribution is -0.150. The average molecular weight is 248 g/mol. The van der Waals surface area contributed by atoms with Gasteiger partial charge in [-0.2, -0.15) is 0 Å². The summed E-state index contributed by atoms with van der Waals surface area (Å²) < 4.78 is 16.0. The molecule has 0 heterocycles. The van der Waals surface area contributed by atoms with Gasteiger partial charge in [-0.1, -0.05) is 0 Å². The zero-order valence-corrected chi connectivity index (χ0v) is 10.7. The van der Waals surface area contributed by atoms with Crippen LogP contribution in [0.4, 0.5) is 0 Å². The summed E-state index contributed by atoms with van der Waals surface area (Å²) in [6.07, 6.45) is 3.93. The van der Waals surface area contributed by atoms with Crippen LogP contribution in [-0.2, 0) is 20.3 Å². The van der Waals surface area contributed by atoms with Crippen LogP contribution >= 0.6 is 0 Å². The first kappa shape index (κ1) is 13.6. The van der Waals surface area contributed by atoms with E-state index in [0.717, 1.165) is 0 Å². The van der Waals surface area contributed by atoms with E-state index in [9.17, 15) is 14.1 Å². The predicted octanol–water partition coefficient (Wildman–Crippen LogP) is 0.849. The van der Waals surface area contributed by atoms with Crippen LogP contribution in [0.2, 0.25) is 0 Å². The molecule has 0 radical (unpaired) electrons. The van der Waals surface area contributed by atoms with Gasteiger partial charge in [0.1, 0.15) is 0 Å². The van der Waals surface area contributed by atoms with Gasteiger partial charge in [0.2, 0.25) is 0 Å². The molecule has 0 spiro atoms. The SMILES string of the molecule is CCOC(=O)C1CCC(O)(CS(C)=O)CC1. The zero-order chi connectivity index (χ0) is 12.2. The summed E-state index contributed by atoms with van der Waals surface area (Å²) in [4.78, 5) is 11.5. The van der Waals surface area contributed by atoms with E-state index in [0.29, 0.717) is 38.0 Å². The van der Waals surface area contributed by atoms with Crippen LogP contribution in [0.3, 0.4) is 0 Å². The highest BCUT2D eigenvalue weighted by Crippen LogP contribution is 2.33. The van der Waals surface area contributed by atoms with E-state index in [-0.39, 0.29) is 11.9 Å². The van der Waals surface area contributed by atoms with Crippen molar-refractivity contribution in [3.05, 3.63) is 0 Å². The molecule has 0 aliphatic heterocycles. The topological polar surface area (TPSA) is 63.6 Å². The molecular weight excluding hydrogens is 228 g/mol. The number of aliphatic hydroxyl groups is 1. The van der Waals surface area contributed by atoms with E-state index in [1.54, 1.807) is 13.2 Å². The van der Waals surface area contributed by atoms with Crippen molar-refractivity contribution in [2.24, 2.45) is 5.92 Å². The lowest BCUT2D eigenvalue weighted by Gasteiger charge is -2.34. The highest BCUT2D eigenvalue weighted by atomic mass is 32.2. The Morgan fingerprint density at radius 3 is 2.50 bits per heavy atom. The van der Waals surface area contributed by atoms with Crippen molar-refractivity contribution in [2.45, 2.75) is 38.2 Å². The molecule has 4 nitrogen and oxygen atoms in total. The molecule has 1 N–H and O–H groups in total. The van der Waals surface area contributed by atoms with E-state index < -0.39 is 16.4 Å². The number of hydrogen-bond acceptors (Lipinski definition) is 4. The van der Waals surface area contributed by atoms with Gasteiger partial charge in [-0.05, 0) is 32.6 Å². The monoisotopic (exact) mass is 248 g/mol. The number of hydrogen-bond donors (Lipinski definition) is 1. The highest BCUT2D eigenvalue weighted by molar-refractivity contribution is 7.84. The Bertz CT molecular complexity index is 269. The first-order valence-electron chi connectivity index (χ1n) is 5.66. The lowest BCUT2D eigenvalue weighted by atomic mass is 9.80. The molecule has 0 amide bonds. The number of rotatable bonds is 4. The summed E-state index contributed by atoms with van der Waals surface area (Å²) in [5, 5.41) is 10.1. The molecule has 0 saturated heterocycles. The molecule has 1 aliphatic carbocycles. The number of carbonyl (C=O) groups is 1. The third kappa shape index (κ3) is 3.87. The molecule has 1 aliphatic rings. The quantitative estimate of drug-likeness (QED) is 0.749. The second kappa shape index (κ2) is 5.77. The lowest BCUT2D eigenvalue weighted by Crippen LogP contribution is -2.40. The molecule has 5 heteroatoms. The molecule has 0 bridgehead atoms. The van der Waals surface area contributed by atoms with Crippen LogP contribution in [0, 0.1) is 5.92 Å². The Balaban J connectivity index is 2.44. The molecule has 0 aromatic carbocycles. The van der Waals surface area contributed by atoms with Gasteiger partial charge in [0.05, 0.1) is 23.9 Å². The predicted molar refractivity (Wildman–Crippen MR) is 62.5 cm³/mol. The molecule has 1 atom stereocenters. The van der Waals surface area contributed by atoms with E-state index in [2.05, 4.69) is 0 Å². The summed E-state index contributed by atoms with van der Waals surface area (Å²) in [5.74, 6) is 0.0513. The standard InChI is InChI=1S/C11H20O4S/c1-3-15-10(12)9-4-6-11(13,7-5-9)8-16(2)14/h9,13H,3-8H2,1-2H3. The summed E-state index contributed by atoms with van der Waals surface area (Å²) in [6.45, 7) is 2.19. The van der Waals surface area contributed by atoms with Crippen LogP contribution < -0.4 is 0 Å². The normalized spacial score (nSPS) is 32.1. The van der Waals surface area contributed by atoms with Crippen LogP contribution in [-0.4, -0.2) is 39.5 Å². The van der Waals surface area contributed by atoms with Crippen LogP contribution in [0.15, 0.2) is 0 Å². The van der Waals surface area contributed by atoms with Crippen molar-refractivity contribution in [3.8, 4) is 0 Å². The van der Waals surface area contributed by atoms with Crippen molar-refractivity contribution < 1.29 is 18.8 Å². The second-order valence-corrected chi connectivity index (χ2v) is 5.90. The number of ether oxygens (including phenoxy) is 1. The van der Waals surface area contributed by atoms with Crippen molar-refractivity contribution in [1.82, 2.24) is 0 Å². The number of esters is 1. The average Bonchev–Trinajstić information content (AvgIpc) is 2.17. The molecule has 1 rings (SSSR count). The van der Waals surface area contributed by atoms with Crippen LogP contribution in [0.1, 0.15) is 32.6 Å². The summed E-state index contributed by atoms with van der Waals surface area (Å²) in [7, 11) is -0.994. The van der Waals surface area contributed by atoms with E-state index in [1.165, 1.54) is 0 Å². The first-order chi connectivity index (χ1) is 7.47. The fourth-order valence-electron chi connectivity index (χ4n) is 2.17. The van der Waals surface area contributed by atoms with Gasteiger partial charge in [-0.25, -0.2) is 0 Å². The molecule has 0 aromatic heterocycles. The second-order valence-electron chi connectivity index (χ2n) is 4.47. The molecule has 1 saturated carbocycles. The van der Waals surface area contributed by atoms with E-state index in [1.807, 2.05) is 0 Å². The summed E-state index contributed by atoms with van der Waals surface area (Å²) in [5.41, 5.74) is -0.845. The smallest absolute Gasteiger partial charge is 0.308 e. The minimum absolute atomic E-state index is 0.0921. The maximum absolute atomic E-state index is 11.5. The fourth-order valence-corrected chi connectivity index (χ4v) is 3.22. The maximum atomic E-state index is 11.5. The Kier molecular flexibility index (Phi) is 4.92. The van der Waals surface area contributed by atoms with Crippen molar-refractivity contribution in [2.75, 3.05) is 18.6 Å². The third-order valence-electron chi connectivity index (χ3n) is 3.01. The van der Waals surface area contributed by atoms with Gasteiger partial charge in [-0.3, -0.25) is 9.00 Å². The largest absolute Gasteiger partial charge is 0.466 e. The van der Waals surface area contributed by atoms with Crippen LogP contribution in [0.5, 0.6) is 0 Å². The fraction of sp³-hybridized carbons (Fsp3) is 0.909.